The first-order valence-electron chi connectivity index (χ1n) is 15.8. The van der Waals surface area contributed by atoms with E-state index >= 15 is 0 Å². The van der Waals surface area contributed by atoms with Gasteiger partial charge in [-0.3, -0.25) is 4.98 Å². The zero-order valence-corrected chi connectivity index (χ0v) is 27.0. The maximum atomic E-state index is 13.9. The summed E-state index contributed by atoms with van der Waals surface area (Å²) < 4.78 is 13.9. The van der Waals surface area contributed by atoms with Gasteiger partial charge in [0, 0.05) is 28.3 Å². The molecule has 0 aliphatic rings. The molecular weight excluding hydrogens is 527 g/mol. The fourth-order valence-corrected chi connectivity index (χ4v) is 5.69. The Morgan fingerprint density at radius 1 is 0.884 bits per heavy atom. The molecule has 1 aromatic heterocycles. The molecule has 1 unspecified atom stereocenters. The number of hydrogen-bond donors (Lipinski definition) is 1. The zero-order valence-electron chi connectivity index (χ0n) is 27.0. The molecule has 3 aromatic carbocycles. The molecule has 4 aromatic rings. The number of fused-ring (bicyclic) bond motifs is 1. The van der Waals surface area contributed by atoms with E-state index in [1.54, 1.807) is 0 Å². The molecule has 43 heavy (non-hydrogen) atoms. The van der Waals surface area contributed by atoms with Crippen molar-refractivity contribution in [3.05, 3.63) is 132 Å². The minimum Gasteiger partial charge on any atom is -0.382 e. The molecule has 0 amide bonds. The first kappa shape index (κ1) is 33.5. The Balaban J connectivity index is 0.00000248. The number of hydrogen-bond acceptors (Lipinski definition) is 2. The van der Waals surface area contributed by atoms with Crippen molar-refractivity contribution in [2.75, 3.05) is 0 Å². The van der Waals surface area contributed by atoms with E-state index in [1.165, 1.54) is 17.7 Å². The maximum absolute atomic E-state index is 13.9. The minimum absolute atomic E-state index is 0.216. The van der Waals surface area contributed by atoms with Crippen LogP contribution in [0.15, 0.2) is 109 Å². The van der Waals surface area contributed by atoms with Crippen LogP contribution in [0, 0.1) is 11.7 Å². The van der Waals surface area contributed by atoms with Gasteiger partial charge in [0.1, 0.15) is 5.82 Å². The van der Waals surface area contributed by atoms with Gasteiger partial charge in [0.15, 0.2) is 0 Å². The molecule has 3 atom stereocenters. The molecule has 0 fully saturated rings. The molecule has 1 heterocycles. The number of nitrogens with one attached hydrogen (secondary N) is 1. The van der Waals surface area contributed by atoms with Crippen molar-refractivity contribution in [2.24, 2.45) is 5.92 Å². The Kier molecular flexibility index (Phi) is 12.9. The van der Waals surface area contributed by atoms with Gasteiger partial charge in [0.05, 0.1) is 11.2 Å². The third-order valence-corrected chi connectivity index (χ3v) is 7.69. The second-order valence-corrected chi connectivity index (χ2v) is 11.4. The lowest BCUT2D eigenvalue weighted by Crippen LogP contribution is -2.19. The monoisotopic (exact) mass is 576 g/mol. The predicted molar refractivity (Wildman–Crippen MR) is 186 cm³/mol. The van der Waals surface area contributed by atoms with E-state index in [2.05, 4.69) is 94.7 Å². The standard InChI is InChI=1S/C38H43FN2.C2H6/c1-7-13-28(4)38-35(37(32-19-21-33(39)22-20-32)34-16-11-12-17-36(34)41-38)23-18-26(2)24-27(3)25-29(5)40-30(6)31-14-9-8-10-15-31;1-2/h8-12,14-23,27-28,30,40H,2,5,7,13,24-25H2,1,3-4,6H3;1-2H3/b23-18+;/t27-,28?,30+;/m1./s1. The number of benzene rings is 3. The van der Waals surface area contributed by atoms with E-state index in [-0.39, 0.29) is 17.8 Å². The van der Waals surface area contributed by atoms with E-state index in [4.69, 9.17) is 4.98 Å². The average molecular weight is 577 g/mol. The largest absolute Gasteiger partial charge is 0.382 e. The van der Waals surface area contributed by atoms with Crippen molar-refractivity contribution in [1.29, 1.82) is 0 Å². The molecule has 0 bridgehead atoms. The number of allylic oxidation sites excluding steroid dienone is 3. The van der Waals surface area contributed by atoms with Crippen LogP contribution >= 0.6 is 0 Å². The van der Waals surface area contributed by atoms with Crippen molar-refractivity contribution in [3.8, 4) is 11.1 Å². The van der Waals surface area contributed by atoms with Crippen molar-refractivity contribution in [3.63, 3.8) is 0 Å². The summed E-state index contributed by atoms with van der Waals surface area (Å²) in [6.07, 6.45) is 8.18. The molecule has 226 valence electrons. The van der Waals surface area contributed by atoms with E-state index in [0.29, 0.717) is 5.92 Å². The van der Waals surface area contributed by atoms with Crippen LogP contribution in [0.2, 0.25) is 0 Å². The van der Waals surface area contributed by atoms with Crippen LogP contribution in [0.4, 0.5) is 4.39 Å². The van der Waals surface area contributed by atoms with Crippen molar-refractivity contribution >= 4 is 17.0 Å². The smallest absolute Gasteiger partial charge is 0.123 e. The number of nitrogens with zero attached hydrogens (tertiary/aromatic N) is 1. The van der Waals surface area contributed by atoms with Gasteiger partial charge >= 0.3 is 0 Å². The highest BCUT2D eigenvalue weighted by atomic mass is 19.1. The fraction of sp³-hybridized carbons (Fsp3) is 0.325. The highest BCUT2D eigenvalue weighted by Gasteiger charge is 2.19. The number of halogens is 1. The van der Waals surface area contributed by atoms with E-state index in [0.717, 1.165) is 70.2 Å². The highest BCUT2D eigenvalue weighted by Crippen LogP contribution is 2.38. The Morgan fingerprint density at radius 2 is 1.53 bits per heavy atom. The summed E-state index contributed by atoms with van der Waals surface area (Å²) in [5.74, 6) is 0.442. The van der Waals surface area contributed by atoms with Crippen molar-refractivity contribution < 1.29 is 4.39 Å². The minimum atomic E-state index is -0.236. The lowest BCUT2D eigenvalue weighted by Gasteiger charge is -2.21. The van der Waals surface area contributed by atoms with Gasteiger partial charge in [-0.25, -0.2) is 4.39 Å². The molecule has 0 saturated heterocycles. The lowest BCUT2D eigenvalue weighted by molar-refractivity contribution is 0.530. The lowest BCUT2D eigenvalue weighted by atomic mass is 9.88. The van der Waals surface area contributed by atoms with Crippen LogP contribution in [-0.4, -0.2) is 4.98 Å². The number of rotatable bonds is 13. The second kappa shape index (κ2) is 16.6. The van der Waals surface area contributed by atoms with Crippen LogP contribution in [0.5, 0.6) is 0 Å². The second-order valence-electron chi connectivity index (χ2n) is 11.4. The van der Waals surface area contributed by atoms with Crippen molar-refractivity contribution in [1.82, 2.24) is 10.3 Å². The summed E-state index contributed by atoms with van der Waals surface area (Å²) >= 11 is 0. The van der Waals surface area contributed by atoms with Gasteiger partial charge in [-0.15, -0.1) is 0 Å². The van der Waals surface area contributed by atoms with Crippen molar-refractivity contribution in [2.45, 2.75) is 79.2 Å². The van der Waals surface area contributed by atoms with E-state index in [1.807, 2.05) is 44.2 Å². The summed E-state index contributed by atoms with van der Waals surface area (Å²) in [7, 11) is 0. The Labute approximate surface area is 259 Å². The number of pyridine rings is 1. The van der Waals surface area contributed by atoms with Gasteiger partial charge in [-0.1, -0.05) is 133 Å². The Hall–Kier alpha value is -3.98. The molecular formula is C40H49FN2. The van der Waals surface area contributed by atoms with Gasteiger partial charge in [-0.2, -0.15) is 0 Å². The van der Waals surface area contributed by atoms with Crippen LogP contribution in [-0.2, 0) is 0 Å². The van der Waals surface area contributed by atoms with Crippen LogP contribution in [0.25, 0.3) is 28.1 Å². The fourth-order valence-electron chi connectivity index (χ4n) is 5.69. The summed E-state index contributed by atoms with van der Waals surface area (Å²) in [4.78, 5) is 5.15. The first-order valence-corrected chi connectivity index (χ1v) is 15.8. The van der Waals surface area contributed by atoms with E-state index in [9.17, 15) is 4.39 Å². The van der Waals surface area contributed by atoms with Gasteiger partial charge in [0.2, 0.25) is 0 Å². The molecule has 3 heteroatoms. The summed E-state index contributed by atoms with van der Waals surface area (Å²) in [6.45, 7) is 21.6. The van der Waals surface area contributed by atoms with Gasteiger partial charge < -0.3 is 5.32 Å². The van der Waals surface area contributed by atoms with Crippen LogP contribution < -0.4 is 5.32 Å². The molecule has 2 nitrogen and oxygen atoms in total. The number of aromatic nitrogens is 1. The SMILES string of the molecule is C=C(/C=C/c1c(C(C)CCC)nc2ccccc2c1-c1ccc(F)cc1)C[C@@H](C)CC(=C)N[C@@H](C)c1ccccc1.CC. The molecule has 1 N–H and O–H groups in total. The topological polar surface area (TPSA) is 24.9 Å². The van der Waals surface area contributed by atoms with Crippen LogP contribution in [0.1, 0.15) is 96.0 Å². The summed E-state index contributed by atoms with van der Waals surface area (Å²) in [5.41, 5.74) is 8.57. The number of para-hydroxylation sites is 1. The summed E-state index contributed by atoms with van der Waals surface area (Å²) in [5, 5.41) is 4.63. The Bertz CT molecular complexity index is 1500. The zero-order chi connectivity index (χ0) is 31.4. The normalized spacial score (nSPS) is 13.2. The van der Waals surface area contributed by atoms with Gasteiger partial charge in [0.25, 0.3) is 0 Å². The molecule has 0 spiro atoms. The molecule has 0 aliphatic carbocycles. The highest BCUT2D eigenvalue weighted by molar-refractivity contribution is 5.99. The third kappa shape index (κ3) is 9.25. The average Bonchev–Trinajstić information content (AvgIpc) is 3.01. The molecule has 4 rings (SSSR count). The first-order chi connectivity index (χ1) is 20.8. The van der Waals surface area contributed by atoms with E-state index < -0.39 is 0 Å². The Morgan fingerprint density at radius 3 is 2.21 bits per heavy atom. The quantitative estimate of drug-likeness (QED) is 0.160. The third-order valence-electron chi connectivity index (χ3n) is 7.69. The van der Waals surface area contributed by atoms with Crippen LogP contribution in [0.3, 0.4) is 0 Å². The van der Waals surface area contributed by atoms with Gasteiger partial charge in [-0.05, 0) is 67.3 Å². The maximum Gasteiger partial charge on any atom is 0.123 e. The predicted octanol–water partition coefficient (Wildman–Crippen LogP) is 11.8. The molecule has 0 saturated carbocycles. The molecule has 0 aliphatic heterocycles. The summed E-state index contributed by atoms with van der Waals surface area (Å²) in [6, 6.07) is 25.7. The molecule has 0 radical (unpaired) electrons.